The number of carbonyl (C=O) groups excluding carboxylic acids is 3. The highest BCUT2D eigenvalue weighted by molar-refractivity contribution is 5.96. The van der Waals surface area contributed by atoms with Crippen LogP contribution >= 0.6 is 0 Å². The summed E-state index contributed by atoms with van der Waals surface area (Å²) in [5.74, 6) is -1.84. The van der Waals surface area contributed by atoms with Crippen LogP contribution in [-0.4, -0.2) is 30.9 Å². The Hall–Kier alpha value is -1.65. The third-order valence-corrected chi connectivity index (χ3v) is 4.23. The first kappa shape index (κ1) is 15.7. The number of hydrogen-bond donors (Lipinski definition) is 0. The monoisotopic (exact) mass is 294 g/mol. The van der Waals surface area contributed by atoms with Gasteiger partial charge in [0.25, 0.3) is 0 Å². The maximum atomic E-state index is 12.2. The molecule has 3 atom stereocenters. The molecule has 0 aromatic heterocycles. The zero-order valence-electron chi connectivity index (χ0n) is 12.5. The fourth-order valence-electron chi connectivity index (χ4n) is 3.24. The summed E-state index contributed by atoms with van der Waals surface area (Å²) in [4.78, 5) is 36.2. The van der Waals surface area contributed by atoms with E-state index in [4.69, 9.17) is 9.47 Å². The molecule has 2 aliphatic rings. The van der Waals surface area contributed by atoms with E-state index in [2.05, 4.69) is 6.08 Å². The van der Waals surface area contributed by atoms with Crippen LogP contribution in [-0.2, 0) is 23.9 Å². The van der Waals surface area contributed by atoms with Crippen molar-refractivity contribution >= 4 is 17.7 Å². The summed E-state index contributed by atoms with van der Waals surface area (Å²) in [7, 11) is 0. The van der Waals surface area contributed by atoms with Gasteiger partial charge in [0.05, 0.1) is 13.2 Å². The van der Waals surface area contributed by atoms with Gasteiger partial charge >= 0.3 is 11.9 Å². The average Bonchev–Trinajstić information content (AvgIpc) is 2.82. The Kier molecular flexibility index (Phi) is 5.15. The van der Waals surface area contributed by atoms with Crippen molar-refractivity contribution in [2.75, 3.05) is 13.2 Å². The van der Waals surface area contributed by atoms with E-state index in [1.54, 1.807) is 13.8 Å². The number of Topliss-reactive ketones (excluding diaryl/α,β-unsaturated/α-hetero) is 1. The third-order valence-electron chi connectivity index (χ3n) is 4.23. The Morgan fingerprint density at radius 1 is 1.19 bits per heavy atom. The second-order valence-corrected chi connectivity index (χ2v) is 5.61. The van der Waals surface area contributed by atoms with E-state index in [9.17, 15) is 14.4 Å². The standard InChI is InChI=1S/C16H22O5/c1-3-20-15(18)13(16(19)21-4-2)9-12-11-6-5-10(7-11)8-14(12)17/h5-6,10-13H,3-4,7-9H2,1-2H3/t10-,11+,12+/m0/s1. The van der Waals surface area contributed by atoms with Crippen LogP contribution in [0.5, 0.6) is 0 Å². The van der Waals surface area contributed by atoms with Crippen LogP contribution < -0.4 is 0 Å². The molecule has 2 aliphatic carbocycles. The lowest BCUT2D eigenvalue weighted by molar-refractivity contribution is -0.162. The quantitative estimate of drug-likeness (QED) is 0.425. The van der Waals surface area contributed by atoms with Crippen molar-refractivity contribution in [3.63, 3.8) is 0 Å². The van der Waals surface area contributed by atoms with Crippen molar-refractivity contribution in [3.05, 3.63) is 12.2 Å². The van der Waals surface area contributed by atoms with E-state index in [0.29, 0.717) is 12.3 Å². The van der Waals surface area contributed by atoms with Crippen molar-refractivity contribution in [2.24, 2.45) is 23.7 Å². The first-order valence-electron chi connectivity index (χ1n) is 7.61. The highest BCUT2D eigenvalue weighted by Gasteiger charge is 2.42. The van der Waals surface area contributed by atoms with Crippen LogP contribution in [0.4, 0.5) is 0 Å². The molecule has 5 heteroatoms. The van der Waals surface area contributed by atoms with E-state index < -0.39 is 17.9 Å². The maximum Gasteiger partial charge on any atom is 0.320 e. The van der Waals surface area contributed by atoms with Gasteiger partial charge in [0.15, 0.2) is 5.92 Å². The van der Waals surface area contributed by atoms with E-state index in [1.165, 1.54) is 0 Å². The van der Waals surface area contributed by atoms with Gasteiger partial charge in [0.1, 0.15) is 5.78 Å². The van der Waals surface area contributed by atoms with Gasteiger partial charge in [-0.2, -0.15) is 0 Å². The molecular formula is C16H22O5. The number of ketones is 1. The van der Waals surface area contributed by atoms with Crippen molar-refractivity contribution in [3.8, 4) is 0 Å². The molecule has 1 fully saturated rings. The Balaban J connectivity index is 2.09. The lowest BCUT2D eigenvalue weighted by Crippen LogP contribution is -2.36. The van der Waals surface area contributed by atoms with Crippen molar-refractivity contribution < 1.29 is 23.9 Å². The van der Waals surface area contributed by atoms with Gasteiger partial charge in [-0.05, 0) is 38.5 Å². The van der Waals surface area contributed by atoms with Gasteiger partial charge in [0.2, 0.25) is 0 Å². The zero-order valence-corrected chi connectivity index (χ0v) is 12.5. The number of fused-ring (bicyclic) bond motifs is 2. The zero-order chi connectivity index (χ0) is 15.4. The van der Waals surface area contributed by atoms with Crippen molar-refractivity contribution in [2.45, 2.75) is 33.1 Å². The van der Waals surface area contributed by atoms with Gasteiger partial charge < -0.3 is 9.47 Å². The third kappa shape index (κ3) is 3.52. The Bertz CT molecular complexity index is 436. The highest BCUT2D eigenvalue weighted by Crippen LogP contribution is 2.41. The normalized spacial score (nSPS) is 27.0. The highest BCUT2D eigenvalue weighted by atomic mass is 16.6. The fraction of sp³-hybridized carbons (Fsp3) is 0.688. The minimum atomic E-state index is -0.996. The van der Waals surface area contributed by atoms with E-state index >= 15 is 0 Å². The summed E-state index contributed by atoms with van der Waals surface area (Å²) in [5, 5.41) is 0. The second-order valence-electron chi connectivity index (χ2n) is 5.61. The molecule has 0 aliphatic heterocycles. The maximum absolute atomic E-state index is 12.2. The van der Waals surface area contributed by atoms with Gasteiger partial charge in [-0.3, -0.25) is 14.4 Å². The summed E-state index contributed by atoms with van der Waals surface area (Å²) in [6.07, 6.45) is 5.77. The molecule has 0 unspecified atom stereocenters. The minimum Gasteiger partial charge on any atom is -0.465 e. The Morgan fingerprint density at radius 3 is 2.38 bits per heavy atom. The number of hydrogen-bond acceptors (Lipinski definition) is 5. The smallest absolute Gasteiger partial charge is 0.320 e. The molecule has 0 radical (unpaired) electrons. The van der Waals surface area contributed by atoms with Crippen LogP contribution in [0.2, 0.25) is 0 Å². The van der Waals surface area contributed by atoms with Crippen molar-refractivity contribution in [1.82, 2.24) is 0 Å². The first-order chi connectivity index (χ1) is 10.1. The van der Waals surface area contributed by atoms with E-state index in [0.717, 1.165) is 6.42 Å². The van der Waals surface area contributed by atoms with Gasteiger partial charge in [-0.25, -0.2) is 0 Å². The summed E-state index contributed by atoms with van der Waals surface area (Å²) < 4.78 is 9.92. The fourth-order valence-corrected chi connectivity index (χ4v) is 3.24. The average molecular weight is 294 g/mol. The van der Waals surface area contributed by atoms with Crippen LogP contribution in [0.3, 0.4) is 0 Å². The predicted molar refractivity (Wildman–Crippen MR) is 75.2 cm³/mol. The molecule has 2 rings (SSSR count). The number of esters is 2. The van der Waals surface area contributed by atoms with Crippen LogP contribution in [0, 0.1) is 23.7 Å². The molecule has 0 heterocycles. The molecule has 0 amide bonds. The molecule has 116 valence electrons. The molecule has 0 aromatic carbocycles. The summed E-state index contributed by atoms with van der Waals surface area (Å²) in [5.41, 5.74) is 0. The number of ether oxygens (including phenoxy) is 2. The SMILES string of the molecule is CCOC(=O)C(C[C@H]1C(=O)C[C@H]2C=C[C@@H]1C2)C(=O)OCC. The van der Waals surface area contributed by atoms with Gasteiger partial charge in [-0.1, -0.05) is 12.2 Å². The molecule has 2 bridgehead atoms. The molecule has 5 nitrogen and oxygen atoms in total. The lowest BCUT2D eigenvalue weighted by atomic mass is 9.74. The topological polar surface area (TPSA) is 69.7 Å². The molecule has 1 saturated carbocycles. The van der Waals surface area contributed by atoms with E-state index in [-0.39, 0.29) is 37.3 Å². The molecular weight excluding hydrogens is 272 g/mol. The van der Waals surface area contributed by atoms with E-state index in [1.807, 2.05) is 6.08 Å². The number of rotatable bonds is 6. The Morgan fingerprint density at radius 2 is 1.81 bits per heavy atom. The molecule has 0 aromatic rings. The molecule has 0 saturated heterocycles. The Labute approximate surface area is 124 Å². The summed E-state index contributed by atoms with van der Waals surface area (Å²) >= 11 is 0. The molecule has 0 N–H and O–H groups in total. The van der Waals surface area contributed by atoms with Gasteiger partial charge in [-0.15, -0.1) is 0 Å². The van der Waals surface area contributed by atoms with Crippen LogP contribution in [0.25, 0.3) is 0 Å². The largest absolute Gasteiger partial charge is 0.465 e. The minimum absolute atomic E-state index is 0.139. The molecule has 0 spiro atoms. The molecule has 21 heavy (non-hydrogen) atoms. The van der Waals surface area contributed by atoms with Crippen molar-refractivity contribution in [1.29, 1.82) is 0 Å². The number of carbonyl (C=O) groups is 3. The van der Waals surface area contributed by atoms with Crippen LogP contribution in [0.15, 0.2) is 12.2 Å². The van der Waals surface area contributed by atoms with Gasteiger partial charge in [0, 0.05) is 12.3 Å². The summed E-state index contributed by atoms with van der Waals surface area (Å²) in [6.45, 7) is 3.80. The summed E-state index contributed by atoms with van der Waals surface area (Å²) in [6, 6.07) is 0. The first-order valence-corrected chi connectivity index (χ1v) is 7.61. The second kappa shape index (κ2) is 6.87. The predicted octanol–water partition coefficient (Wildman–Crippen LogP) is 1.90. The van der Waals surface area contributed by atoms with Crippen LogP contribution in [0.1, 0.15) is 33.1 Å². The number of allylic oxidation sites excluding steroid dienone is 2. The lowest BCUT2D eigenvalue weighted by Gasteiger charge is -2.29.